The van der Waals surface area contributed by atoms with Gasteiger partial charge in [-0.05, 0) is 61.5 Å². The number of hydrogen-bond acceptors (Lipinski definition) is 2. The molecule has 0 heterocycles. The molecule has 0 aliphatic carbocycles. The molecule has 0 saturated carbocycles. The van der Waals surface area contributed by atoms with Crippen molar-refractivity contribution in [3.05, 3.63) is 88.9 Å². The summed E-state index contributed by atoms with van der Waals surface area (Å²) in [7, 11) is 0. The van der Waals surface area contributed by atoms with Crippen LogP contribution in [0.2, 0.25) is 5.02 Å². The third-order valence-electron chi connectivity index (χ3n) is 4.76. The summed E-state index contributed by atoms with van der Waals surface area (Å²) in [6, 6.07) is 16.7. The molecule has 0 aromatic heterocycles. The highest BCUT2D eigenvalue weighted by atomic mass is 35.5. The Morgan fingerprint density at radius 3 is 2.18 bits per heavy atom. The SMILES string of the molecule is Cc1ccc(NC(=O)N(CCNC(=O)Nc2ccc(Cl)cc2)c2cccc(C(F)(F)F)c2)cc1. The van der Waals surface area contributed by atoms with E-state index in [0.717, 1.165) is 22.6 Å². The van der Waals surface area contributed by atoms with Crippen molar-refractivity contribution in [3.63, 3.8) is 0 Å². The van der Waals surface area contributed by atoms with Crippen LogP contribution in [0.15, 0.2) is 72.8 Å². The fourth-order valence-electron chi connectivity index (χ4n) is 3.02. The Kier molecular flexibility index (Phi) is 8.01. The zero-order valence-electron chi connectivity index (χ0n) is 18.1. The lowest BCUT2D eigenvalue weighted by Gasteiger charge is -2.24. The predicted molar refractivity (Wildman–Crippen MR) is 127 cm³/mol. The van der Waals surface area contributed by atoms with Gasteiger partial charge in [-0.3, -0.25) is 4.90 Å². The Hall–Kier alpha value is -3.72. The van der Waals surface area contributed by atoms with E-state index in [0.29, 0.717) is 16.4 Å². The molecule has 3 rings (SSSR count). The Morgan fingerprint density at radius 2 is 1.53 bits per heavy atom. The average molecular weight is 491 g/mol. The zero-order valence-corrected chi connectivity index (χ0v) is 18.9. The number of alkyl halides is 3. The van der Waals surface area contributed by atoms with Crippen LogP contribution in [0.5, 0.6) is 0 Å². The number of aryl methyl sites for hydroxylation is 1. The highest BCUT2D eigenvalue weighted by Gasteiger charge is 2.31. The molecule has 0 unspecified atom stereocenters. The predicted octanol–water partition coefficient (Wildman–Crippen LogP) is 6.53. The second-order valence-corrected chi connectivity index (χ2v) is 7.82. The maximum Gasteiger partial charge on any atom is 0.416 e. The summed E-state index contributed by atoms with van der Waals surface area (Å²) < 4.78 is 39.6. The molecule has 0 atom stereocenters. The summed E-state index contributed by atoms with van der Waals surface area (Å²) in [6.07, 6.45) is -4.56. The molecule has 178 valence electrons. The molecule has 0 aliphatic heterocycles. The van der Waals surface area contributed by atoms with E-state index in [9.17, 15) is 22.8 Å². The molecular weight excluding hydrogens is 469 g/mol. The van der Waals surface area contributed by atoms with Gasteiger partial charge in [0.25, 0.3) is 0 Å². The van der Waals surface area contributed by atoms with Crippen molar-refractivity contribution in [2.24, 2.45) is 0 Å². The lowest BCUT2D eigenvalue weighted by atomic mass is 10.2. The summed E-state index contributed by atoms with van der Waals surface area (Å²) in [5, 5.41) is 8.39. The highest BCUT2D eigenvalue weighted by molar-refractivity contribution is 6.30. The van der Waals surface area contributed by atoms with E-state index in [2.05, 4.69) is 16.0 Å². The standard InChI is InChI=1S/C24H22ClF3N4O2/c1-16-5-9-20(10-6-16)31-23(34)32(21-4-2-3-17(15-21)24(26,27)28)14-13-29-22(33)30-19-11-7-18(25)8-12-19/h2-12,15H,13-14H2,1H3,(H,31,34)(H2,29,30,33). The Labute approximate surface area is 199 Å². The Balaban J connectivity index is 1.72. The third-order valence-corrected chi connectivity index (χ3v) is 5.01. The highest BCUT2D eigenvalue weighted by Crippen LogP contribution is 2.31. The van der Waals surface area contributed by atoms with E-state index < -0.39 is 23.8 Å². The molecule has 0 spiro atoms. The van der Waals surface area contributed by atoms with Gasteiger partial charge < -0.3 is 16.0 Å². The lowest BCUT2D eigenvalue weighted by molar-refractivity contribution is -0.137. The van der Waals surface area contributed by atoms with Crippen LogP contribution < -0.4 is 20.9 Å². The monoisotopic (exact) mass is 490 g/mol. The molecule has 0 saturated heterocycles. The van der Waals surface area contributed by atoms with Crippen LogP contribution in [0.4, 0.5) is 39.8 Å². The Morgan fingerprint density at radius 1 is 0.912 bits per heavy atom. The zero-order chi connectivity index (χ0) is 24.7. The maximum atomic E-state index is 13.2. The molecule has 3 N–H and O–H groups in total. The number of urea groups is 2. The van der Waals surface area contributed by atoms with Gasteiger partial charge in [0, 0.05) is 35.2 Å². The van der Waals surface area contributed by atoms with Gasteiger partial charge in [-0.2, -0.15) is 13.2 Å². The third kappa shape index (κ3) is 7.14. The number of rotatable bonds is 6. The average Bonchev–Trinajstić information content (AvgIpc) is 2.79. The molecule has 3 aromatic carbocycles. The molecule has 10 heteroatoms. The molecule has 4 amide bonds. The van der Waals surface area contributed by atoms with Crippen LogP contribution in [0, 0.1) is 6.92 Å². The van der Waals surface area contributed by atoms with Crippen molar-refractivity contribution >= 4 is 40.7 Å². The van der Waals surface area contributed by atoms with E-state index in [4.69, 9.17) is 11.6 Å². The molecule has 0 radical (unpaired) electrons. The fourth-order valence-corrected chi connectivity index (χ4v) is 3.14. The first-order valence-electron chi connectivity index (χ1n) is 10.2. The second-order valence-electron chi connectivity index (χ2n) is 7.38. The summed E-state index contributed by atoms with van der Waals surface area (Å²) in [4.78, 5) is 26.3. The van der Waals surface area contributed by atoms with Gasteiger partial charge >= 0.3 is 18.2 Å². The topological polar surface area (TPSA) is 73.5 Å². The van der Waals surface area contributed by atoms with E-state index in [1.165, 1.54) is 12.1 Å². The number of carbonyl (C=O) groups is 2. The van der Waals surface area contributed by atoms with Crippen LogP contribution in [0.3, 0.4) is 0 Å². The molecule has 0 aliphatic rings. The van der Waals surface area contributed by atoms with Gasteiger partial charge in [0.05, 0.1) is 5.56 Å². The van der Waals surface area contributed by atoms with Gasteiger partial charge in [0.1, 0.15) is 0 Å². The summed E-state index contributed by atoms with van der Waals surface area (Å²) in [5.41, 5.74) is 1.14. The van der Waals surface area contributed by atoms with Crippen molar-refractivity contribution in [1.82, 2.24) is 5.32 Å². The van der Waals surface area contributed by atoms with E-state index in [1.54, 1.807) is 48.5 Å². The molecule has 0 fully saturated rings. The molecular formula is C24H22ClF3N4O2. The minimum Gasteiger partial charge on any atom is -0.336 e. The number of nitrogens with one attached hydrogen (secondary N) is 3. The van der Waals surface area contributed by atoms with Crippen molar-refractivity contribution in [1.29, 1.82) is 0 Å². The number of carbonyl (C=O) groups excluding carboxylic acids is 2. The molecule has 34 heavy (non-hydrogen) atoms. The van der Waals surface area contributed by atoms with Crippen molar-refractivity contribution in [2.75, 3.05) is 28.6 Å². The fraction of sp³-hybridized carbons (Fsp3) is 0.167. The molecule has 6 nitrogen and oxygen atoms in total. The van der Waals surface area contributed by atoms with Crippen molar-refractivity contribution in [3.8, 4) is 0 Å². The van der Waals surface area contributed by atoms with Crippen LogP contribution in [-0.4, -0.2) is 25.2 Å². The quantitative estimate of drug-likeness (QED) is 0.367. The second kappa shape index (κ2) is 10.9. The number of amides is 4. The smallest absolute Gasteiger partial charge is 0.336 e. The lowest BCUT2D eigenvalue weighted by Crippen LogP contribution is -2.42. The first-order valence-corrected chi connectivity index (χ1v) is 10.6. The van der Waals surface area contributed by atoms with Gasteiger partial charge in [-0.1, -0.05) is 35.4 Å². The summed E-state index contributed by atoms with van der Waals surface area (Å²) in [6.45, 7) is 1.80. The van der Waals surface area contributed by atoms with E-state index in [-0.39, 0.29) is 18.8 Å². The van der Waals surface area contributed by atoms with Crippen LogP contribution >= 0.6 is 11.6 Å². The van der Waals surface area contributed by atoms with Gasteiger partial charge in [-0.25, -0.2) is 9.59 Å². The first kappa shape index (κ1) is 24.9. The summed E-state index contributed by atoms with van der Waals surface area (Å²) >= 11 is 5.82. The van der Waals surface area contributed by atoms with E-state index in [1.807, 2.05) is 6.92 Å². The first-order chi connectivity index (χ1) is 16.1. The number of halogens is 4. The van der Waals surface area contributed by atoms with E-state index >= 15 is 0 Å². The molecule has 3 aromatic rings. The van der Waals surface area contributed by atoms with Crippen LogP contribution in [0.25, 0.3) is 0 Å². The maximum absolute atomic E-state index is 13.2. The largest absolute Gasteiger partial charge is 0.416 e. The van der Waals surface area contributed by atoms with Crippen molar-refractivity contribution in [2.45, 2.75) is 13.1 Å². The number of anilines is 3. The van der Waals surface area contributed by atoms with Crippen LogP contribution in [-0.2, 0) is 6.18 Å². The van der Waals surface area contributed by atoms with Gasteiger partial charge in [0.15, 0.2) is 0 Å². The Bertz CT molecular complexity index is 1140. The van der Waals surface area contributed by atoms with Crippen LogP contribution in [0.1, 0.15) is 11.1 Å². The minimum absolute atomic E-state index is 0.0169. The van der Waals surface area contributed by atoms with Gasteiger partial charge in [-0.15, -0.1) is 0 Å². The van der Waals surface area contributed by atoms with Gasteiger partial charge in [0.2, 0.25) is 0 Å². The van der Waals surface area contributed by atoms with Crippen molar-refractivity contribution < 1.29 is 22.8 Å². The normalized spacial score (nSPS) is 11.0. The minimum atomic E-state index is -4.56. The molecule has 0 bridgehead atoms. The number of hydrogen-bond donors (Lipinski definition) is 3. The summed E-state index contributed by atoms with van der Waals surface area (Å²) in [5.74, 6) is 0. The number of nitrogens with zero attached hydrogens (tertiary/aromatic N) is 1. The number of benzene rings is 3.